The van der Waals surface area contributed by atoms with Gasteiger partial charge in [0.1, 0.15) is 5.82 Å². The van der Waals surface area contributed by atoms with E-state index in [-0.39, 0.29) is 16.7 Å². The van der Waals surface area contributed by atoms with E-state index in [2.05, 4.69) is 22.5 Å². The number of allylic oxidation sites excluding steroid dienone is 1. The van der Waals surface area contributed by atoms with Gasteiger partial charge in [0.05, 0.1) is 4.47 Å². The Hall–Kier alpha value is -0.960. The smallest absolute Gasteiger partial charge is 0.168 e. The molecule has 14 heavy (non-hydrogen) atoms. The lowest BCUT2D eigenvalue weighted by atomic mass is 10.1. The third-order valence-electron chi connectivity index (χ3n) is 1.71. The fourth-order valence-corrected chi connectivity index (χ4v) is 1.57. The van der Waals surface area contributed by atoms with Crippen molar-refractivity contribution in [2.24, 2.45) is 0 Å². The number of halogens is 2. The van der Waals surface area contributed by atoms with Crippen LogP contribution in [0, 0.1) is 5.82 Å². The Balaban J connectivity index is 3.01. The predicted molar refractivity (Wildman–Crippen MR) is 57.9 cm³/mol. The van der Waals surface area contributed by atoms with Gasteiger partial charge in [-0.2, -0.15) is 0 Å². The third kappa shape index (κ3) is 2.51. The topological polar surface area (TPSA) is 17.1 Å². The lowest BCUT2D eigenvalue weighted by Gasteiger charge is -2.03. The molecule has 1 aromatic rings. The molecule has 0 heterocycles. The monoisotopic (exact) mass is 256 g/mol. The molecule has 0 spiro atoms. The number of benzene rings is 1. The van der Waals surface area contributed by atoms with Crippen molar-refractivity contribution >= 4 is 21.7 Å². The highest BCUT2D eigenvalue weighted by Crippen LogP contribution is 2.22. The number of hydrogen-bond donors (Lipinski definition) is 0. The molecule has 1 aromatic carbocycles. The quantitative estimate of drug-likeness (QED) is 0.595. The van der Waals surface area contributed by atoms with Crippen LogP contribution in [-0.4, -0.2) is 5.78 Å². The third-order valence-corrected chi connectivity index (χ3v) is 2.52. The molecular formula is C11H10BrFO. The average Bonchev–Trinajstić information content (AvgIpc) is 2.08. The Labute approximate surface area is 90.8 Å². The first-order valence-electron chi connectivity index (χ1n) is 4.14. The maximum absolute atomic E-state index is 13.1. The zero-order valence-electron chi connectivity index (χ0n) is 7.81. The van der Waals surface area contributed by atoms with Gasteiger partial charge in [0.25, 0.3) is 0 Å². The van der Waals surface area contributed by atoms with Crippen molar-refractivity contribution in [2.75, 3.05) is 0 Å². The van der Waals surface area contributed by atoms with Crippen LogP contribution >= 0.6 is 15.9 Å². The van der Waals surface area contributed by atoms with Crippen LogP contribution < -0.4 is 0 Å². The lowest BCUT2D eigenvalue weighted by molar-refractivity contribution is 0.0992. The van der Waals surface area contributed by atoms with E-state index in [4.69, 9.17) is 0 Å². The van der Waals surface area contributed by atoms with Crippen molar-refractivity contribution < 1.29 is 9.18 Å². The first kappa shape index (κ1) is 11.1. The van der Waals surface area contributed by atoms with Crippen molar-refractivity contribution in [1.29, 1.82) is 0 Å². The van der Waals surface area contributed by atoms with Gasteiger partial charge in [0, 0.05) is 12.0 Å². The number of rotatable bonds is 3. The van der Waals surface area contributed by atoms with E-state index in [0.717, 1.165) is 5.57 Å². The predicted octanol–water partition coefficient (Wildman–Crippen LogP) is 3.74. The number of carbonyl (C=O) groups excluding carboxylic acids is 1. The molecule has 3 heteroatoms. The summed E-state index contributed by atoms with van der Waals surface area (Å²) in [6.45, 7) is 5.41. The summed E-state index contributed by atoms with van der Waals surface area (Å²) in [6.07, 6.45) is 0.252. The molecule has 0 atom stereocenters. The molecule has 0 N–H and O–H groups in total. The van der Waals surface area contributed by atoms with E-state index in [1.807, 2.05) is 0 Å². The van der Waals surface area contributed by atoms with Gasteiger partial charge < -0.3 is 0 Å². The van der Waals surface area contributed by atoms with Gasteiger partial charge in [-0.15, -0.1) is 0 Å². The molecule has 0 fully saturated rings. The highest BCUT2D eigenvalue weighted by Gasteiger charge is 2.12. The summed E-state index contributed by atoms with van der Waals surface area (Å²) < 4.78 is 13.3. The van der Waals surface area contributed by atoms with Gasteiger partial charge in [-0.25, -0.2) is 4.39 Å². The Morgan fingerprint density at radius 3 is 2.79 bits per heavy atom. The first-order chi connectivity index (χ1) is 6.52. The molecule has 0 aliphatic carbocycles. The standard InChI is InChI=1S/C11H10BrFO/c1-7(2)6-10(14)8-4-3-5-9(13)11(8)12/h3-5H,1,6H2,2H3. The molecule has 0 unspecified atom stereocenters. The Kier molecular flexibility index (Phi) is 3.58. The summed E-state index contributed by atoms with van der Waals surface area (Å²) in [5.41, 5.74) is 1.14. The summed E-state index contributed by atoms with van der Waals surface area (Å²) in [5.74, 6) is -0.540. The summed E-state index contributed by atoms with van der Waals surface area (Å²) >= 11 is 3.05. The van der Waals surface area contributed by atoms with Gasteiger partial charge in [-0.1, -0.05) is 24.3 Å². The molecule has 74 valence electrons. The largest absolute Gasteiger partial charge is 0.294 e. The van der Waals surface area contributed by atoms with E-state index in [1.54, 1.807) is 13.0 Å². The van der Waals surface area contributed by atoms with Crippen LogP contribution in [-0.2, 0) is 0 Å². The van der Waals surface area contributed by atoms with E-state index in [1.165, 1.54) is 12.1 Å². The minimum absolute atomic E-state index is 0.121. The Morgan fingerprint density at radius 2 is 2.21 bits per heavy atom. The van der Waals surface area contributed by atoms with Gasteiger partial charge in [0.2, 0.25) is 0 Å². The molecule has 0 saturated heterocycles. The highest BCUT2D eigenvalue weighted by molar-refractivity contribution is 9.10. The number of ketones is 1. The molecule has 0 aliphatic heterocycles. The summed E-state index contributed by atoms with van der Waals surface area (Å²) in [7, 11) is 0. The van der Waals surface area contributed by atoms with Crippen molar-refractivity contribution in [1.82, 2.24) is 0 Å². The average molecular weight is 257 g/mol. The van der Waals surface area contributed by atoms with Crippen LogP contribution in [0.5, 0.6) is 0 Å². The van der Waals surface area contributed by atoms with Gasteiger partial charge in [-0.3, -0.25) is 4.79 Å². The van der Waals surface area contributed by atoms with Crippen LogP contribution in [0.3, 0.4) is 0 Å². The van der Waals surface area contributed by atoms with Crippen LogP contribution in [0.4, 0.5) is 4.39 Å². The Morgan fingerprint density at radius 1 is 1.57 bits per heavy atom. The van der Waals surface area contributed by atoms with E-state index >= 15 is 0 Å². The van der Waals surface area contributed by atoms with Crippen LogP contribution in [0.2, 0.25) is 0 Å². The number of carbonyl (C=O) groups is 1. The summed E-state index contributed by atoms with van der Waals surface area (Å²) in [6, 6.07) is 4.42. The number of hydrogen-bond acceptors (Lipinski definition) is 1. The lowest BCUT2D eigenvalue weighted by Crippen LogP contribution is -2.01. The zero-order valence-corrected chi connectivity index (χ0v) is 9.40. The molecular weight excluding hydrogens is 247 g/mol. The van der Waals surface area contributed by atoms with E-state index in [0.29, 0.717) is 5.56 Å². The number of Topliss-reactive ketones (excluding diaryl/α,β-unsaturated/α-hetero) is 1. The molecule has 1 rings (SSSR count). The van der Waals surface area contributed by atoms with Crippen LogP contribution in [0.25, 0.3) is 0 Å². The van der Waals surface area contributed by atoms with Crippen LogP contribution in [0.1, 0.15) is 23.7 Å². The van der Waals surface area contributed by atoms with Crippen LogP contribution in [0.15, 0.2) is 34.8 Å². The second-order valence-corrected chi connectivity index (χ2v) is 3.95. The highest BCUT2D eigenvalue weighted by atomic mass is 79.9. The SMILES string of the molecule is C=C(C)CC(=O)c1cccc(F)c1Br. The van der Waals surface area contributed by atoms with Gasteiger partial charge in [-0.05, 0) is 28.9 Å². The molecule has 0 saturated carbocycles. The maximum atomic E-state index is 13.1. The van der Waals surface area contributed by atoms with Crippen molar-refractivity contribution in [3.8, 4) is 0 Å². The molecule has 0 bridgehead atoms. The fourth-order valence-electron chi connectivity index (χ4n) is 1.09. The van der Waals surface area contributed by atoms with Crippen molar-refractivity contribution in [2.45, 2.75) is 13.3 Å². The molecule has 0 radical (unpaired) electrons. The molecule has 0 aliphatic rings. The molecule has 1 nitrogen and oxygen atoms in total. The van der Waals surface area contributed by atoms with E-state index < -0.39 is 5.82 Å². The maximum Gasteiger partial charge on any atom is 0.168 e. The van der Waals surface area contributed by atoms with Crippen molar-refractivity contribution in [3.05, 3.63) is 46.2 Å². The minimum atomic E-state index is -0.419. The van der Waals surface area contributed by atoms with Crippen molar-refractivity contribution in [3.63, 3.8) is 0 Å². The normalized spacial score (nSPS) is 9.93. The second-order valence-electron chi connectivity index (χ2n) is 3.16. The first-order valence-corrected chi connectivity index (χ1v) is 4.93. The Bertz CT molecular complexity index is 385. The fraction of sp³-hybridized carbons (Fsp3) is 0.182. The van der Waals surface area contributed by atoms with Gasteiger partial charge >= 0.3 is 0 Å². The summed E-state index contributed by atoms with van der Waals surface area (Å²) in [5, 5.41) is 0. The second kappa shape index (κ2) is 4.51. The minimum Gasteiger partial charge on any atom is -0.294 e. The van der Waals surface area contributed by atoms with Gasteiger partial charge in [0.15, 0.2) is 5.78 Å². The molecule has 0 amide bonds. The molecule has 0 aromatic heterocycles. The summed E-state index contributed by atoms with van der Waals surface area (Å²) in [4.78, 5) is 11.6. The van der Waals surface area contributed by atoms with E-state index in [9.17, 15) is 9.18 Å². The zero-order chi connectivity index (χ0) is 10.7.